The molecule has 1 aliphatic heterocycles. The molecule has 0 aliphatic carbocycles. The zero-order valence-electron chi connectivity index (χ0n) is 11.6. The third-order valence-electron chi connectivity index (χ3n) is 3.43. The first-order valence-electron chi connectivity index (χ1n) is 6.56. The van der Waals surface area contributed by atoms with Crippen molar-refractivity contribution in [2.45, 2.75) is 31.0 Å². The summed E-state index contributed by atoms with van der Waals surface area (Å²) in [5.41, 5.74) is 0. The van der Waals surface area contributed by atoms with Crippen LogP contribution in [0.1, 0.15) is 26.2 Å². The lowest BCUT2D eigenvalue weighted by molar-refractivity contribution is 0.200. The number of halogens is 1. The molecule has 2 atom stereocenters. The largest absolute Gasteiger partial charge is 0.306 e. The summed E-state index contributed by atoms with van der Waals surface area (Å²) in [6.45, 7) is 5.58. The lowest BCUT2D eigenvalue weighted by atomic mass is 9.99. The Morgan fingerprint density at radius 2 is 2.17 bits per heavy atom. The SMILES string of the molecule is CC(Br)CCN(C)CC1CCCN(S(C)(=O)=O)C1. The van der Waals surface area contributed by atoms with E-state index in [1.54, 1.807) is 4.31 Å². The van der Waals surface area contributed by atoms with Gasteiger partial charge in [0.05, 0.1) is 6.26 Å². The molecule has 0 amide bonds. The van der Waals surface area contributed by atoms with Crippen molar-refractivity contribution in [3.05, 3.63) is 0 Å². The molecular weight excluding hydrogens is 316 g/mol. The summed E-state index contributed by atoms with van der Waals surface area (Å²) < 4.78 is 24.7. The molecule has 0 aromatic rings. The molecule has 18 heavy (non-hydrogen) atoms. The monoisotopic (exact) mass is 340 g/mol. The third kappa shape index (κ3) is 5.99. The summed E-state index contributed by atoms with van der Waals surface area (Å²) in [5.74, 6) is 0.476. The lowest BCUT2D eigenvalue weighted by Crippen LogP contribution is -2.42. The van der Waals surface area contributed by atoms with Crippen molar-refractivity contribution in [1.82, 2.24) is 9.21 Å². The highest BCUT2D eigenvalue weighted by atomic mass is 79.9. The van der Waals surface area contributed by atoms with Crippen LogP contribution in [0.15, 0.2) is 0 Å². The molecule has 1 saturated heterocycles. The first kappa shape index (κ1) is 16.4. The van der Waals surface area contributed by atoms with Gasteiger partial charge in [-0.1, -0.05) is 22.9 Å². The predicted octanol–water partition coefficient (Wildman–Crippen LogP) is 1.76. The highest BCUT2D eigenvalue weighted by Gasteiger charge is 2.26. The number of hydrogen-bond donors (Lipinski definition) is 0. The van der Waals surface area contributed by atoms with Gasteiger partial charge >= 0.3 is 0 Å². The van der Waals surface area contributed by atoms with E-state index in [4.69, 9.17) is 0 Å². The van der Waals surface area contributed by atoms with Gasteiger partial charge in [-0.05, 0) is 38.8 Å². The molecule has 6 heteroatoms. The van der Waals surface area contributed by atoms with Crippen molar-refractivity contribution >= 4 is 26.0 Å². The van der Waals surface area contributed by atoms with E-state index in [1.807, 2.05) is 0 Å². The molecule has 0 saturated carbocycles. The molecule has 1 rings (SSSR count). The lowest BCUT2D eigenvalue weighted by Gasteiger charge is -2.33. The molecule has 4 nitrogen and oxygen atoms in total. The van der Waals surface area contributed by atoms with Gasteiger partial charge in [0.1, 0.15) is 0 Å². The summed E-state index contributed by atoms with van der Waals surface area (Å²) >= 11 is 3.55. The topological polar surface area (TPSA) is 40.6 Å². The number of rotatable bonds is 6. The van der Waals surface area contributed by atoms with Crippen LogP contribution in [0.3, 0.4) is 0 Å². The Balaban J connectivity index is 2.38. The molecular formula is C12H25BrN2O2S. The Bertz CT molecular complexity index is 346. The standard InChI is InChI=1S/C12H25BrN2O2S/c1-11(13)6-8-14(2)9-12-5-4-7-15(10-12)18(3,16)17/h11-12H,4-10H2,1-3H3. The third-order valence-corrected chi connectivity index (χ3v) is 5.16. The Morgan fingerprint density at radius 3 is 2.72 bits per heavy atom. The van der Waals surface area contributed by atoms with Crippen LogP contribution >= 0.6 is 15.9 Å². The first-order chi connectivity index (χ1) is 8.29. The molecule has 2 unspecified atom stereocenters. The van der Waals surface area contributed by atoms with Crippen molar-refractivity contribution < 1.29 is 8.42 Å². The summed E-state index contributed by atoms with van der Waals surface area (Å²) in [6, 6.07) is 0. The minimum Gasteiger partial charge on any atom is -0.306 e. The van der Waals surface area contributed by atoms with E-state index >= 15 is 0 Å². The van der Waals surface area contributed by atoms with Gasteiger partial charge in [-0.15, -0.1) is 0 Å². The summed E-state index contributed by atoms with van der Waals surface area (Å²) in [5, 5.41) is 0. The van der Waals surface area contributed by atoms with E-state index in [0.29, 0.717) is 23.8 Å². The van der Waals surface area contributed by atoms with Gasteiger partial charge in [0.25, 0.3) is 0 Å². The summed E-state index contributed by atoms with van der Waals surface area (Å²) in [6.07, 6.45) is 4.56. The minimum atomic E-state index is -3.01. The van der Waals surface area contributed by atoms with Crippen molar-refractivity contribution in [2.75, 3.05) is 39.5 Å². The fraction of sp³-hybridized carbons (Fsp3) is 1.00. The average Bonchev–Trinajstić information content (AvgIpc) is 2.25. The maximum Gasteiger partial charge on any atom is 0.211 e. The van der Waals surface area contributed by atoms with Crippen LogP contribution in [0, 0.1) is 5.92 Å². The molecule has 1 heterocycles. The fourth-order valence-electron chi connectivity index (χ4n) is 2.41. The number of hydrogen-bond acceptors (Lipinski definition) is 3. The Morgan fingerprint density at radius 1 is 1.50 bits per heavy atom. The zero-order valence-corrected chi connectivity index (χ0v) is 14.0. The molecule has 0 spiro atoms. The van der Waals surface area contributed by atoms with Gasteiger partial charge in [0, 0.05) is 24.5 Å². The van der Waals surface area contributed by atoms with Gasteiger partial charge < -0.3 is 4.90 Å². The zero-order chi connectivity index (χ0) is 13.8. The Kier molecular flexibility index (Phi) is 6.58. The molecule has 0 aromatic heterocycles. The second-order valence-corrected chi connectivity index (χ2v) is 9.01. The van der Waals surface area contributed by atoms with Gasteiger partial charge in [-0.2, -0.15) is 0 Å². The first-order valence-corrected chi connectivity index (χ1v) is 9.33. The van der Waals surface area contributed by atoms with Crippen LogP contribution in [0.25, 0.3) is 0 Å². The van der Waals surface area contributed by atoms with Crippen LogP contribution < -0.4 is 0 Å². The highest BCUT2D eigenvalue weighted by molar-refractivity contribution is 9.09. The van der Waals surface area contributed by atoms with Crippen molar-refractivity contribution in [2.24, 2.45) is 5.92 Å². The predicted molar refractivity (Wildman–Crippen MR) is 79.6 cm³/mol. The van der Waals surface area contributed by atoms with Crippen LogP contribution in [-0.4, -0.2) is 61.9 Å². The van der Waals surface area contributed by atoms with E-state index in [9.17, 15) is 8.42 Å². The van der Waals surface area contributed by atoms with Gasteiger partial charge in [0.15, 0.2) is 0 Å². The summed E-state index contributed by atoms with van der Waals surface area (Å²) in [4.78, 5) is 2.85. The Hall–Kier alpha value is 0.350. The smallest absolute Gasteiger partial charge is 0.211 e. The van der Waals surface area contributed by atoms with Crippen LogP contribution in [0.2, 0.25) is 0 Å². The van der Waals surface area contributed by atoms with Gasteiger partial charge in [0.2, 0.25) is 10.0 Å². The molecule has 108 valence electrons. The van der Waals surface area contributed by atoms with Gasteiger partial charge in [-0.3, -0.25) is 0 Å². The number of piperidine rings is 1. The summed E-state index contributed by atoms with van der Waals surface area (Å²) in [7, 11) is -0.893. The number of nitrogens with zero attached hydrogens (tertiary/aromatic N) is 2. The maximum absolute atomic E-state index is 11.5. The van der Waals surface area contributed by atoms with Crippen LogP contribution in [-0.2, 0) is 10.0 Å². The van der Waals surface area contributed by atoms with E-state index in [0.717, 1.165) is 32.4 Å². The second kappa shape index (κ2) is 7.22. The molecule has 0 radical (unpaired) electrons. The Labute approximate surface area is 120 Å². The van der Waals surface area contributed by atoms with E-state index in [-0.39, 0.29) is 0 Å². The average molecular weight is 341 g/mol. The van der Waals surface area contributed by atoms with Gasteiger partial charge in [-0.25, -0.2) is 12.7 Å². The van der Waals surface area contributed by atoms with Crippen molar-refractivity contribution in [1.29, 1.82) is 0 Å². The van der Waals surface area contributed by atoms with Crippen LogP contribution in [0.4, 0.5) is 0 Å². The molecule has 0 bridgehead atoms. The fourth-order valence-corrected chi connectivity index (χ4v) is 3.55. The van der Waals surface area contributed by atoms with Crippen molar-refractivity contribution in [3.63, 3.8) is 0 Å². The number of sulfonamides is 1. The second-order valence-electron chi connectivity index (χ2n) is 5.46. The normalized spacial score (nSPS) is 24.4. The number of alkyl halides is 1. The molecule has 1 fully saturated rings. The maximum atomic E-state index is 11.5. The van der Waals surface area contributed by atoms with Crippen LogP contribution in [0.5, 0.6) is 0 Å². The van der Waals surface area contributed by atoms with E-state index in [1.165, 1.54) is 6.26 Å². The highest BCUT2D eigenvalue weighted by Crippen LogP contribution is 2.19. The molecule has 0 N–H and O–H groups in total. The van der Waals surface area contributed by atoms with Crippen molar-refractivity contribution in [3.8, 4) is 0 Å². The van der Waals surface area contributed by atoms with E-state index < -0.39 is 10.0 Å². The minimum absolute atomic E-state index is 0.476. The van der Waals surface area contributed by atoms with E-state index in [2.05, 4.69) is 34.8 Å². The molecule has 1 aliphatic rings. The quantitative estimate of drug-likeness (QED) is 0.692. The molecule has 0 aromatic carbocycles.